The normalized spacial score (nSPS) is 16.8. The summed E-state index contributed by atoms with van der Waals surface area (Å²) in [6.07, 6.45) is 10.5. The molecule has 0 aliphatic carbocycles. The zero-order chi connectivity index (χ0) is 32.1. The molecule has 0 bridgehead atoms. The van der Waals surface area contributed by atoms with Crippen LogP contribution in [-0.2, 0) is 27.2 Å². The van der Waals surface area contributed by atoms with Gasteiger partial charge in [-0.2, -0.15) is 17.8 Å². The Labute approximate surface area is 268 Å². The van der Waals surface area contributed by atoms with E-state index in [2.05, 4.69) is 87.6 Å². The number of benzene rings is 3. The monoisotopic (exact) mass is 620 g/mol. The second-order valence-electron chi connectivity index (χ2n) is 13.9. The van der Waals surface area contributed by atoms with E-state index in [1.54, 1.807) is 31.3 Å². The molecule has 1 N–H and O–H groups in total. The van der Waals surface area contributed by atoms with Gasteiger partial charge in [-0.05, 0) is 105 Å². The molecule has 1 aliphatic heterocycles. The average Bonchev–Trinajstić information content (AvgIpc) is 2.97. The molecule has 3 aromatic carbocycles. The Kier molecular flexibility index (Phi) is 14.1. The SMILES string of the molecule is CC1(C)CCCNC1CCc1ccccc1.Cc1ccc(S(=O)(=O)ON(C)CCCC(C)(C)CCCc2ccccc2)cc1. The summed E-state index contributed by atoms with van der Waals surface area (Å²) in [5.74, 6) is 0. The van der Waals surface area contributed by atoms with Crippen LogP contribution in [0.3, 0.4) is 0 Å². The molecule has 6 heteroatoms. The minimum absolute atomic E-state index is 0.186. The van der Waals surface area contributed by atoms with Crippen molar-refractivity contribution in [2.24, 2.45) is 10.8 Å². The summed E-state index contributed by atoms with van der Waals surface area (Å²) in [7, 11) is -2.09. The maximum atomic E-state index is 12.3. The lowest BCUT2D eigenvalue weighted by Gasteiger charge is -2.39. The Bertz CT molecular complexity index is 1320. The number of nitrogens with one attached hydrogen (secondary N) is 1. The van der Waals surface area contributed by atoms with Gasteiger partial charge in [-0.3, -0.25) is 0 Å². The fourth-order valence-corrected chi connectivity index (χ4v) is 6.96. The van der Waals surface area contributed by atoms with Crippen molar-refractivity contribution in [3.8, 4) is 0 Å². The summed E-state index contributed by atoms with van der Waals surface area (Å²) in [5, 5.41) is 5.11. The summed E-state index contributed by atoms with van der Waals surface area (Å²) in [6, 6.07) is 28.8. The molecule has 0 amide bonds. The molecule has 0 radical (unpaired) electrons. The molecule has 1 heterocycles. The first-order valence-corrected chi connectivity index (χ1v) is 17.8. The van der Waals surface area contributed by atoms with E-state index in [0.29, 0.717) is 18.0 Å². The van der Waals surface area contributed by atoms with E-state index in [4.69, 9.17) is 4.28 Å². The van der Waals surface area contributed by atoms with Crippen molar-refractivity contribution >= 4 is 10.1 Å². The fraction of sp³-hybridized carbons (Fsp3) is 0.526. The van der Waals surface area contributed by atoms with Gasteiger partial charge in [-0.15, -0.1) is 0 Å². The Hall–Kier alpha value is -2.51. The predicted molar refractivity (Wildman–Crippen MR) is 184 cm³/mol. The first-order valence-electron chi connectivity index (χ1n) is 16.4. The van der Waals surface area contributed by atoms with Gasteiger partial charge in [0.25, 0.3) is 0 Å². The molecule has 44 heavy (non-hydrogen) atoms. The smallest absolute Gasteiger partial charge is 0.313 e. The third-order valence-corrected chi connectivity index (χ3v) is 10.2. The summed E-state index contributed by atoms with van der Waals surface area (Å²) in [4.78, 5) is 0.186. The second kappa shape index (κ2) is 17.3. The number of rotatable bonds is 14. The van der Waals surface area contributed by atoms with E-state index in [-0.39, 0.29) is 10.3 Å². The van der Waals surface area contributed by atoms with Crippen LogP contribution in [-0.4, -0.2) is 39.7 Å². The predicted octanol–water partition coefficient (Wildman–Crippen LogP) is 8.77. The molecule has 0 spiro atoms. The van der Waals surface area contributed by atoms with Crippen molar-refractivity contribution in [3.63, 3.8) is 0 Å². The largest absolute Gasteiger partial charge is 0.313 e. The van der Waals surface area contributed by atoms with E-state index in [1.165, 1.54) is 48.4 Å². The van der Waals surface area contributed by atoms with E-state index >= 15 is 0 Å². The van der Waals surface area contributed by atoms with Crippen LogP contribution in [0.15, 0.2) is 89.8 Å². The second-order valence-corrected chi connectivity index (χ2v) is 15.5. The molecule has 0 aromatic heterocycles. The molecular weight excluding hydrogens is 564 g/mol. The zero-order valence-electron chi connectivity index (χ0n) is 28.0. The van der Waals surface area contributed by atoms with Gasteiger partial charge in [0.15, 0.2) is 0 Å². The minimum atomic E-state index is -3.76. The van der Waals surface area contributed by atoms with Crippen molar-refractivity contribution in [2.45, 2.75) is 103 Å². The molecule has 1 fully saturated rings. The Morgan fingerprint density at radius 3 is 2.02 bits per heavy atom. The van der Waals surface area contributed by atoms with Crippen molar-refractivity contribution < 1.29 is 12.7 Å². The Morgan fingerprint density at radius 2 is 1.43 bits per heavy atom. The molecule has 1 saturated heterocycles. The van der Waals surface area contributed by atoms with Crippen LogP contribution in [0.1, 0.15) is 89.3 Å². The molecule has 1 atom stereocenters. The molecular formula is C38H56N2O3S. The molecule has 1 aliphatic rings. The molecule has 3 aromatic rings. The molecule has 1 unspecified atom stereocenters. The quantitative estimate of drug-likeness (QED) is 0.183. The van der Waals surface area contributed by atoms with Gasteiger partial charge in [0.2, 0.25) is 0 Å². The van der Waals surface area contributed by atoms with Crippen LogP contribution in [0.4, 0.5) is 0 Å². The number of hydrogen-bond acceptors (Lipinski definition) is 5. The maximum Gasteiger partial charge on any atom is 0.313 e. The Morgan fingerprint density at radius 1 is 0.864 bits per heavy atom. The van der Waals surface area contributed by atoms with Gasteiger partial charge in [0.05, 0.1) is 4.90 Å². The number of aryl methyl sites for hydroxylation is 3. The van der Waals surface area contributed by atoms with Gasteiger partial charge in [0, 0.05) is 19.6 Å². The summed E-state index contributed by atoms with van der Waals surface area (Å²) < 4.78 is 29.9. The van der Waals surface area contributed by atoms with Crippen LogP contribution in [0.5, 0.6) is 0 Å². The lowest BCUT2D eigenvalue weighted by Crippen LogP contribution is -2.46. The summed E-state index contributed by atoms with van der Waals surface area (Å²) >= 11 is 0. The zero-order valence-corrected chi connectivity index (χ0v) is 28.8. The maximum absolute atomic E-state index is 12.3. The van der Waals surface area contributed by atoms with Crippen LogP contribution >= 0.6 is 0 Å². The highest BCUT2D eigenvalue weighted by Crippen LogP contribution is 2.32. The lowest BCUT2D eigenvalue weighted by molar-refractivity contribution is -0.0270. The van der Waals surface area contributed by atoms with Gasteiger partial charge in [-0.1, -0.05) is 106 Å². The van der Waals surface area contributed by atoms with Crippen molar-refractivity contribution in [1.82, 2.24) is 10.4 Å². The number of hydrogen-bond donors (Lipinski definition) is 1. The topological polar surface area (TPSA) is 58.6 Å². The highest BCUT2D eigenvalue weighted by atomic mass is 32.2. The van der Waals surface area contributed by atoms with E-state index in [0.717, 1.165) is 37.7 Å². The molecule has 5 nitrogen and oxygen atoms in total. The lowest BCUT2D eigenvalue weighted by atomic mass is 9.75. The highest BCUT2D eigenvalue weighted by Gasteiger charge is 2.31. The Balaban J connectivity index is 0.000000278. The first kappa shape index (κ1) is 36.0. The first-order chi connectivity index (χ1) is 20.9. The van der Waals surface area contributed by atoms with E-state index in [9.17, 15) is 8.42 Å². The van der Waals surface area contributed by atoms with Crippen molar-refractivity contribution in [2.75, 3.05) is 20.1 Å². The fourth-order valence-electron chi connectivity index (χ4n) is 5.99. The number of nitrogens with zero attached hydrogens (tertiary/aromatic N) is 1. The molecule has 4 rings (SSSR count). The summed E-state index contributed by atoms with van der Waals surface area (Å²) in [5.41, 5.74) is 4.55. The summed E-state index contributed by atoms with van der Waals surface area (Å²) in [6.45, 7) is 13.1. The highest BCUT2D eigenvalue weighted by molar-refractivity contribution is 7.86. The van der Waals surface area contributed by atoms with Crippen LogP contribution in [0.2, 0.25) is 0 Å². The van der Waals surface area contributed by atoms with Gasteiger partial charge >= 0.3 is 10.1 Å². The van der Waals surface area contributed by atoms with Crippen LogP contribution in [0, 0.1) is 17.8 Å². The van der Waals surface area contributed by atoms with Gasteiger partial charge < -0.3 is 5.32 Å². The van der Waals surface area contributed by atoms with Crippen molar-refractivity contribution in [1.29, 1.82) is 0 Å². The third kappa shape index (κ3) is 12.8. The third-order valence-electron chi connectivity index (χ3n) is 8.92. The van der Waals surface area contributed by atoms with Gasteiger partial charge in [-0.25, -0.2) is 0 Å². The van der Waals surface area contributed by atoms with Crippen molar-refractivity contribution in [3.05, 3.63) is 102 Å². The average molecular weight is 621 g/mol. The van der Waals surface area contributed by atoms with E-state index in [1.807, 2.05) is 13.0 Å². The molecule has 0 saturated carbocycles. The van der Waals surface area contributed by atoms with Crippen LogP contribution < -0.4 is 5.32 Å². The standard InChI is InChI=1S/C23H33NO3S.C15H23N/c1-20-13-15-22(16-14-20)28(25,26)27-24(4)19-9-18-23(2,3)17-8-12-21-10-6-5-7-11-21;1-15(2)11-6-12-16-14(15)10-9-13-7-4-3-5-8-13/h5-7,10-11,13-16H,8-9,12,17-19H2,1-4H3;3-5,7-8,14,16H,6,9-12H2,1-2H3. The van der Waals surface area contributed by atoms with Gasteiger partial charge in [0.1, 0.15) is 0 Å². The minimum Gasteiger partial charge on any atom is -0.313 e. The number of hydroxylamine groups is 2. The van der Waals surface area contributed by atoms with E-state index < -0.39 is 10.1 Å². The van der Waals surface area contributed by atoms with Crippen LogP contribution in [0.25, 0.3) is 0 Å². The molecule has 242 valence electrons. The number of piperidine rings is 1.